The van der Waals surface area contributed by atoms with Gasteiger partial charge < -0.3 is 15.1 Å². The number of aryl methyl sites for hydroxylation is 1. The molecule has 4 rings (SSSR count). The van der Waals surface area contributed by atoms with Crippen molar-refractivity contribution in [3.8, 4) is 0 Å². The molecule has 1 aromatic carbocycles. The van der Waals surface area contributed by atoms with Gasteiger partial charge in [0.25, 0.3) is 5.91 Å². The fraction of sp³-hybridized carbons (Fsp3) is 0.375. The van der Waals surface area contributed by atoms with Crippen LogP contribution < -0.4 is 10.2 Å². The Morgan fingerprint density at radius 3 is 2.74 bits per heavy atom. The molecule has 9 nitrogen and oxygen atoms in total. The highest BCUT2D eigenvalue weighted by atomic mass is 32.2. The van der Waals surface area contributed by atoms with Crippen molar-refractivity contribution >= 4 is 69.1 Å². The second-order valence-corrected chi connectivity index (χ2v) is 10.9. The van der Waals surface area contributed by atoms with E-state index in [9.17, 15) is 14.4 Å². The zero-order valence-corrected chi connectivity index (χ0v) is 21.8. The van der Waals surface area contributed by atoms with Crippen LogP contribution in [0, 0.1) is 12.8 Å². The van der Waals surface area contributed by atoms with E-state index in [4.69, 9.17) is 4.99 Å². The largest absolute Gasteiger partial charge is 0.318 e. The number of aromatic nitrogens is 1. The van der Waals surface area contributed by atoms with E-state index in [0.29, 0.717) is 28.3 Å². The number of benzene rings is 1. The summed E-state index contributed by atoms with van der Waals surface area (Å²) in [5.41, 5.74) is 2.42. The smallest absolute Gasteiger partial charge is 0.266 e. The van der Waals surface area contributed by atoms with Gasteiger partial charge in [-0.15, -0.1) is 0 Å². The lowest BCUT2D eigenvalue weighted by Crippen LogP contribution is -2.35. The Kier molecular flexibility index (Phi) is 7.68. The third-order valence-corrected chi connectivity index (χ3v) is 7.46. The monoisotopic (exact) mass is 512 g/mol. The van der Waals surface area contributed by atoms with Crippen LogP contribution in [0.4, 0.5) is 16.5 Å². The molecule has 2 fully saturated rings. The van der Waals surface area contributed by atoms with E-state index >= 15 is 0 Å². The van der Waals surface area contributed by atoms with Gasteiger partial charge in [0.2, 0.25) is 12.3 Å². The van der Waals surface area contributed by atoms with Crippen molar-refractivity contribution in [2.24, 2.45) is 10.9 Å². The molecule has 0 atom stereocenters. The number of anilines is 2. The number of nitrogens with zero attached hydrogens (tertiary/aromatic N) is 5. The first kappa shape index (κ1) is 25.1. The molecule has 0 unspecified atom stereocenters. The summed E-state index contributed by atoms with van der Waals surface area (Å²) in [4.78, 5) is 52.0. The first-order valence-electron chi connectivity index (χ1n) is 11.3. The summed E-state index contributed by atoms with van der Waals surface area (Å²) in [6, 6.07) is 5.58. The van der Waals surface area contributed by atoms with Crippen LogP contribution in [0.15, 0.2) is 34.3 Å². The Labute approximate surface area is 212 Å². The molecule has 35 heavy (non-hydrogen) atoms. The SMILES string of the molecule is Cc1cc(N(C)C=O)ccc1N=C1S/C(=C\c2cnc(NC(=O)C3CC3)s2)C(=O)N1CCN(C)C. The molecule has 2 heterocycles. The minimum atomic E-state index is -0.109. The van der Waals surface area contributed by atoms with Crippen molar-refractivity contribution in [3.05, 3.63) is 39.7 Å². The maximum absolute atomic E-state index is 13.3. The quantitative estimate of drug-likeness (QED) is 0.408. The van der Waals surface area contributed by atoms with Gasteiger partial charge in [0.15, 0.2) is 10.3 Å². The normalized spacial score (nSPS) is 18.1. The lowest BCUT2D eigenvalue weighted by molar-refractivity contribution is -0.122. The van der Waals surface area contributed by atoms with Gasteiger partial charge in [-0.25, -0.2) is 9.98 Å². The Hall–Kier alpha value is -3.02. The maximum atomic E-state index is 13.3. The number of amides is 3. The van der Waals surface area contributed by atoms with Crippen molar-refractivity contribution in [2.75, 3.05) is 44.4 Å². The molecule has 2 aliphatic rings. The summed E-state index contributed by atoms with van der Waals surface area (Å²) < 4.78 is 0. The first-order chi connectivity index (χ1) is 16.7. The van der Waals surface area contributed by atoms with E-state index in [1.807, 2.05) is 44.1 Å². The Morgan fingerprint density at radius 1 is 1.31 bits per heavy atom. The number of thiazole rings is 1. The van der Waals surface area contributed by atoms with Crippen LogP contribution >= 0.6 is 23.1 Å². The zero-order valence-electron chi connectivity index (χ0n) is 20.1. The molecule has 1 N–H and O–H groups in total. The Morgan fingerprint density at radius 2 is 2.09 bits per heavy atom. The molecule has 0 spiro atoms. The average Bonchev–Trinajstić information content (AvgIpc) is 3.53. The molecule has 1 aromatic heterocycles. The summed E-state index contributed by atoms with van der Waals surface area (Å²) in [5.74, 6) is 0.00505. The highest BCUT2D eigenvalue weighted by molar-refractivity contribution is 8.18. The number of carbonyl (C=O) groups is 3. The highest BCUT2D eigenvalue weighted by Crippen LogP contribution is 2.36. The van der Waals surface area contributed by atoms with Crippen LogP contribution in [0.25, 0.3) is 6.08 Å². The topological polar surface area (TPSA) is 98.2 Å². The number of thioether (sulfide) groups is 1. The van der Waals surface area contributed by atoms with Crippen LogP contribution in [0.1, 0.15) is 23.3 Å². The van der Waals surface area contributed by atoms with Gasteiger partial charge in [0.05, 0.1) is 15.5 Å². The molecule has 0 bridgehead atoms. The molecule has 3 amide bonds. The standard InChI is InChI=1S/C24H28N6O3S2/c1-15-11-17(29(4)14-31)7-8-19(15)26-24-30(10-9-28(2)3)22(33)20(35-24)12-18-13-25-23(34-18)27-21(32)16-5-6-16/h7-8,11-14,16H,5-6,9-10H2,1-4H3,(H,25,27,32)/b20-12-,26-24?. The van der Waals surface area contributed by atoms with Gasteiger partial charge in [0, 0.05) is 37.9 Å². The van der Waals surface area contributed by atoms with Crippen LogP contribution in [0.5, 0.6) is 0 Å². The number of likely N-dealkylation sites (N-methyl/N-ethyl adjacent to an activating group) is 1. The first-order valence-corrected chi connectivity index (χ1v) is 12.9. The molecule has 0 radical (unpaired) electrons. The number of nitrogens with one attached hydrogen (secondary N) is 1. The fourth-order valence-corrected chi connectivity index (χ4v) is 5.18. The molecule has 1 saturated heterocycles. The number of hydrogen-bond acceptors (Lipinski definition) is 8. The average molecular weight is 513 g/mol. The number of aliphatic imine (C=N–C) groups is 1. The van der Waals surface area contributed by atoms with Gasteiger partial charge in [-0.1, -0.05) is 11.3 Å². The third kappa shape index (κ3) is 6.16. The lowest BCUT2D eigenvalue weighted by Gasteiger charge is -2.19. The summed E-state index contributed by atoms with van der Waals surface area (Å²) in [5, 5.41) is 4.00. The number of hydrogen-bond donors (Lipinski definition) is 1. The Balaban J connectivity index is 1.58. The minimum Gasteiger partial charge on any atom is -0.318 e. The maximum Gasteiger partial charge on any atom is 0.266 e. The zero-order chi connectivity index (χ0) is 25.1. The molecule has 1 aliphatic heterocycles. The lowest BCUT2D eigenvalue weighted by atomic mass is 10.2. The van der Waals surface area contributed by atoms with Crippen LogP contribution in [-0.2, 0) is 14.4 Å². The second-order valence-electron chi connectivity index (χ2n) is 8.78. The molecular weight excluding hydrogens is 484 g/mol. The molecule has 184 valence electrons. The van der Waals surface area contributed by atoms with E-state index in [1.54, 1.807) is 24.2 Å². The molecular formula is C24H28N6O3S2. The van der Waals surface area contributed by atoms with Crippen LogP contribution in [0.2, 0.25) is 0 Å². The Bertz CT molecular complexity index is 1200. The fourth-order valence-electron chi connectivity index (χ4n) is 3.33. The minimum absolute atomic E-state index is 0.00914. The van der Waals surface area contributed by atoms with Crippen molar-refractivity contribution < 1.29 is 14.4 Å². The van der Waals surface area contributed by atoms with Gasteiger partial charge in [-0.2, -0.15) is 0 Å². The third-order valence-electron chi connectivity index (χ3n) is 5.60. The number of carbonyl (C=O) groups excluding carboxylic acids is 3. The summed E-state index contributed by atoms with van der Waals surface area (Å²) in [6.45, 7) is 3.13. The van der Waals surface area contributed by atoms with Crippen molar-refractivity contribution in [1.29, 1.82) is 0 Å². The van der Waals surface area contributed by atoms with Gasteiger partial charge in [-0.05, 0) is 75.5 Å². The van der Waals surface area contributed by atoms with Gasteiger partial charge in [-0.3, -0.25) is 19.3 Å². The molecule has 1 saturated carbocycles. The van der Waals surface area contributed by atoms with Crippen molar-refractivity contribution in [3.63, 3.8) is 0 Å². The van der Waals surface area contributed by atoms with Gasteiger partial charge >= 0.3 is 0 Å². The summed E-state index contributed by atoms with van der Waals surface area (Å²) in [6.07, 6.45) is 6.09. The molecule has 2 aromatic rings. The molecule has 1 aliphatic carbocycles. The van der Waals surface area contributed by atoms with Crippen molar-refractivity contribution in [1.82, 2.24) is 14.8 Å². The van der Waals surface area contributed by atoms with Crippen molar-refractivity contribution in [2.45, 2.75) is 19.8 Å². The number of rotatable bonds is 9. The summed E-state index contributed by atoms with van der Waals surface area (Å²) in [7, 11) is 5.62. The predicted octanol–water partition coefficient (Wildman–Crippen LogP) is 3.56. The summed E-state index contributed by atoms with van der Waals surface area (Å²) >= 11 is 2.67. The van der Waals surface area contributed by atoms with E-state index in [2.05, 4.69) is 10.3 Å². The van der Waals surface area contributed by atoms with Gasteiger partial charge in [0.1, 0.15) is 0 Å². The van der Waals surface area contributed by atoms with E-state index in [1.165, 1.54) is 28.0 Å². The molecule has 11 heteroatoms. The predicted molar refractivity (Wildman–Crippen MR) is 142 cm³/mol. The van der Waals surface area contributed by atoms with E-state index < -0.39 is 0 Å². The number of amidine groups is 1. The second kappa shape index (κ2) is 10.7. The highest BCUT2D eigenvalue weighted by Gasteiger charge is 2.34. The van der Waals surface area contributed by atoms with Crippen LogP contribution in [-0.4, -0.2) is 72.4 Å². The van der Waals surface area contributed by atoms with E-state index in [0.717, 1.165) is 41.1 Å². The van der Waals surface area contributed by atoms with E-state index in [-0.39, 0.29) is 17.7 Å². The van der Waals surface area contributed by atoms with Crippen LogP contribution in [0.3, 0.4) is 0 Å².